The second-order valence-corrected chi connectivity index (χ2v) is 4.69. The highest BCUT2D eigenvalue weighted by Crippen LogP contribution is 2.19. The number of likely N-dealkylation sites (tertiary alicyclic amines) is 1. The molecule has 1 unspecified atom stereocenters. The number of hydrogen-bond donors (Lipinski definition) is 1. The largest absolute Gasteiger partial charge is 0.338 e. The van der Waals surface area contributed by atoms with Gasteiger partial charge in [-0.2, -0.15) is 0 Å². The topological polar surface area (TPSA) is 32.3 Å². The van der Waals surface area contributed by atoms with E-state index >= 15 is 0 Å². The second-order valence-electron chi connectivity index (χ2n) is 4.69. The Bertz CT molecular complexity index is 206. The van der Waals surface area contributed by atoms with Gasteiger partial charge in [0.05, 0.1) is 0 Å². The Morgan fingerprint density at radius 1 is 1.31 bits per heavy atom. The van der Waals surface area contributed by atoms with Crippen LogP contribution in [0.3, 0.4) is 0 Å². The van der Waals surface area contributed by atoms with Crippen molar-refractivity contribution < 1.29 is 4.79 Å². The predicted molar refractivity (Wildman–Crippen MR) is 67.6 cm³/mol. The van der Waals surface area contributed by atoms with Crippen molar-refractivity contribution in [2.45, 2.75) is 64.8 Å². The van der Waals surface area contributed by atoms with E-state index < -0.39 is 0 Å². The van der Waals surface area contributed by atoms with Crippen LogP contribution in [0.25, 0.3) is 0 Å². The molecule has 2 amide bonds. The van der Waals surface area contributed by atoms with Crippen LogP contribution in [-0.4, -0.2) is 30.1 Å². The quantitative estimate of drug-likeness (QED) is 0.718. The van der Waals surface area contributed by atoms with Crippen LogP contribution in [-0.2, 0) is 0 Å². The first kappa shape index (κ1) is 13.3. The van der Waals surface area contributed by atoms with Gasteiger partial charge >= 0.3 is 6.03 Å². The molecule has 1 aliphatic rings. The first-order valence-electron chi connectivity index (χ1n) is 6.84. The van der Waals surface area contributed by atoms with Gasteiger partial charge in [-0.1, -0.05) is 26.7 Å². The van der Waals surface area contributed by atoms with Gasteiger partial charge in [0.1, 0.15) is 0 Å². The van der Waals surface area contributed by atoms with E-state index in [4.69, 9.17) is 0 Å². The summed E-state index contributed by atoms with van der Waals surface area (Å²) in [5.74, 6) is 0. The van der Waals surface area contributed by atoms with E-state index in [9.17, 15) is 4.79 Å². The lowest BCUT2D eigenvalue weighted by Gasteiger charge is -2.35. The van der Waals surface area contributed by atoms with Crippen molar-refractivity contribution in [2.75, 3.05) is 13.1 Å². The molecule has 1 fully saturated rings. The van der Waals surface area contributed by atoms with Crippen molar-refractivity contribution in [3.63, 3.8) is 0 Å². The molecular formula is C13H26N2O. The molecule has 0 aliphatic carbocycles. The van der Waals surface area contributed by atoms with Crippen LogP contribution in [0.4, 0.5) is 4.79 Å². The lowest BCUT2D eigenvalue weighted by Crippen LogP contribution is -2.48. The predicted octanol–water partition coefficient (Wildman–Crippen LogP) is 3.15. The fourth-order valence-electron chi connectivity index (χ4n) is 2.36. The molecule has 1 atom stereocenters. The van der Waals surface area contributed by atoms with Crippen molar-refractivity contribution in [1.82, 2.24) is 10.2 Å². The fourth-order valence-corrected chi connectivity index (χ4v) is 2.36. The molecule has 0 spiro atoms. The molecule has 0 aromatic rings. The summed E-state index contributed by atoms with van der Waals surface area (Å²) >= 11 is 0. The maximum atomic E-state index is 11.9. The number of piperidine rings is 1. The number of amides is 2. The van der Waals surface area contributed by atoms with Gasteiger partial charge in [-0.3, -0.25) is 0 Å². The zero-order chi connectivity index (χ0) is 11.8. The minimum absolute atomic E-state index is 0.155. The van der Waals surface area contributed by atoms with Crippen LogP contribution in [0.15, 0.2) is 0 Å². The zero-order valence-electron chi connectivity index (χ0n) is 10.8. The number of hydrogen-bond acceptors (Lipinski definition) is 1. The van der Waals surface area contributed by atoms with Gasteiger partial charge in [0, 0.05) is 19.1 Å². The van der Waals surface area contributed by atoms with Gasteiger partial charge in [-0.25, -0.2) is 4.79 Å². The minimum atomic E-state index is 0.155. The Balaban J connectivity index is 2.27. The third kappa shape index (κ3) is 4.03. The summed E-state index contributed by atoms with van der Waals surface area (Å²) in [6.07, 6.45) is 8.22. The number of nitrogens with zero attached hydrogens (tertiary/aromatic N) is 1. The van der Waals surface area contributed by atoms with Crippen molar-refractivity contribution in [3.05, 3.63) is 0 Å². The average molecular weight is 226 g/mol. The molecule has 1 heterocycles. The number of carbonyl (C=O) groups is 1. The summed E-state index contributed by atoms with van der Waals surface area (Å²) in [5.41, 5.74) is 0. The summed E-state index contributed by atoms with van der Waals surface area (Å²) in [6, 6.07) is 0.627. The Kier molecular flexibility index (Phi) is 6.27. The number of carbonyl (C=O) groups excluding carboxylic acids is 1. The normalized spacial score (nSPS) is 20.9. The number of urea groups is 1. The van der Waals surface area contributed by atoms with E-state index in [1.807, 2.05) is 4.90 Å². The summed E-state index contributed by atoms with van der Waals surface area (Å²) < 4.78 is 0. The molecular weight excluding hydrogens is 200 g/mol. The van der Waals surface area contributed by atoms with E-state index in [1.165, 1.54) is 32.1 Å². The van der Waals surface area contributed by atoms with Crippen LogP contribution in [0.2, 0.25) is 0 Å². The Hall–Kier alpha value is -0.730. The van der Waals surface area contributed by atoms with Crippen molar-refractivity contribution in [1.29, 1.82) is 0 Å². The van der Waals surface area contributed by atoms with Crippen LogP contribution >= 0.6 is 0 Å². The van der Waals surface area contributed by atoms with Crippen LogP contribution in [0.5, 0.6) is 0 Å². The highest BCUT2D eigenvalue weighted by atomic mass is 16.2. The average Bonchev–Trinajstić information content (AvgIpc) is 2.34. The SMILES string of the molecule is CCCCCNC(=O)N1CCCCC1CC. The van der Waals surface area contributed by atoms with E-state index in [0.717, 1.165) is 25.9 Å². The molecule has 3 nitrogen and oxygen atoms in total. The van der Waals surface area contributed by atoms with Gasteiger partial charge in [0.25, 0.3) is 0 Å². The first-order chi connectivity index (χ1) is 7.79. The van der Waals surface area contributed by atoms with Crippen LogP contribution < -0.4 is 5.32 Å². The van der Waals surface area contributed by atoms with E-state index in [2.05, 4.69) is 19.2 Å². The molecule has 94 valence electrons. The molecule has 1 aliphatic heterocycles. The lowest BCUT2D eigenvalue weighted by atomic mass is 10.0. The van der Waals surface area contributed by atoms with Crippen molar-refractivity contribution in [3.8, 4) is 0 Å². The fraction of sp³-hybridized carbons (Fsp3) is 0.923. The highest BCUT2D eigenvalue weighted by molar-refractivity contribution is 5.74. The van der Waals surface area contributed by atoms with E-state index in [-0.39, 0.29) is 6.03 Å². The van der Waals surface area contributed by atoms with Gasteiger partial charge in [-0.05, 0) is 32.1 Å². The van der Waals surface area contributed by atoms with Crippen LogP contribution in [0, 0.1) is 0 Å². The lowest BCUT2D eigenvalue weighted by molar-refractivity contribution is 0.149. The summed E-state index contributed by atoms with van der Waals surface area (Å²) in [4.78, 5) is 14.0. The third-order valence-corrected chi connectivity index (χ3v) is 3.42. The molecule has 0 aromatic carbocycles. The molecule has 0 aromatic heterocycles. The zero-order valence-corrected chi connectivity index (χ0v) is 10.8. The Morgan fingerprint density at radius 3 is 2.81 bits per heavy atom. The third-order valence-electron chi connectivity index (χ3n) is 3.42. The summed E-state index contributed by atoms with van der Waals surface area (Å²) in [7, 11) is 0. The Labute approximate surface area is 99.6 Å². The number of unbranched alkanes of at least 4 members (excludes halogenated alkanes) is 2. The molecule has 0 radical (unpaired) electrons. The smallest absolute Gasteiger partial charge is 0.317 e. The second kappa shape index (κ2) is 7.53. The monoisotopic (exact) mass is 226 g/mol. The molecule has 0 saturated carbocycles. The van der Waals surface area contributed by atoms with E-state index in [0.29, 0.717) is 6.04 Å². The maximum Gasteiger partial charge on any atom is 0.317 e. The number of nitrogens with one attached hydrogen (secondary N) is 1. The summed E-state index contributed by atoms with van der Waals surface area (Å²) in [5, 5.41) is 3.04. The van der Waals surface area contributed by atoms with Crippen LogP contribution in [0.1, 0.15) is 58.8 Å². The van der Waals surface area contributed by atoms with Gasteiger partial charge in [0.2, 0.25) is 0 Å². The van der Waals surface area contributed by atoms with Crippen molar-refractivity contribution in [2.24, 2.45) is 0 Å². The van der Waals surface area contributed by atoms with Gasteiger partial charge < -0.3 is 10.2 Å². The standard InChI is InChI=1S/C13H26N2O/c1-3-5-7-10-14-13(16)15-11-8-6-9-12(15)4-2/h12H,3-11H2,1-2H3,(H,14,16). The maximum absolute atomic E-state index is 11.9. The minimum Gasteiger partial charge on any atom is -0.338 e. The van der Waals surface area contributed by atoms with E-state index in [1.54, 1.807) is 0 Å². The molecule has 0 bridgehead atoms. The van der Waals surface area contributed by atoms with Crippen molar-refractivity contribution >= 4 is 6.03 Å². The molecule has 3 heteroatoms. The Morgan fingerprint density at radius 2 is 2.12 bits per heavy atom. The summed E-state index contributed by atoms with van der Waals surface area (Å²) in [6.45, 7) is 6.13. The highest BCUT2D eigenvalue weighted by Gasteiger charge is 2.24. The molecule has 1 saturated heterocycles. The first-order valence-corrected chi connectivity index (χ1v) is 6.84. The molecule has 1 N–H and O–H groups in total. The molecule has 1 rings (SSSR count). The van der Waals surface area contributed by atoms with Gasteiger partial charge in [0.15, 0.2) is 0 Å². The van der Waals surface area contributed by atoms with Gasteiger partial charge in [-0.15, -0.1) is 0 Å². The number of rotatable bonds is 5. The molecule has 16 heavy (non-hydrogen) atoms.